The number of pyridine rings is 2. The molecule has 0 radical (unpaired) electrons. The topological polar surface area (TPSA) is 63.7 Å². The minimum Gasteiger partial charge on any atom is -0.490 e. The van der Waals surface area contributed by atoms with Gasteiger partial charge in [-0.1, -0.05) is 23.2 Å². The molecule has 2 aromatic rings. The van der Waals surface area contributed by atoms with Crippen LogP contribution in [0.5, 0.6) is 5.88 Å². The number of nitrogens with zero attached hydrogens (tertiary/aromatic N) is 3. The van der Waals surface area contributed by atoms with E-state index in [4.69, 9.17) is 41.1 Å². The van der Waals surface area contributed by atoms with Crippen molar-refractivity contribution >= 4 is 34.6 Å². The Morgan fingerprint density at radius 2 is 1.70 bits per heavy atom. The molecule has 2 aromatic heterocycles. The van der Waals surface area contributed by atoms with E-state index in [0.717, 1.165) is 5.69 Å². The van der Waals surface area contributed by atoms with Crippen LogP contribution in [0.2, 0.25) is 10.0 Å². The third kappa shape index (κ3) is 4.72. The number of hydrogen-bond acceptors (Lipinski definition) is 3. The van der Waals surface area contributed by atoms with Crippen LogP contribution in [0.25, 0.3) is 9.69 Å². The van der Waals surface area contributed by atoms with E-state index in [-0.39, 0.29) is 22.3 Å². The van der Waals surface area contributed by atoms with Crippen LogP contribution in [0.15, 0.2) is 16.9 Å². The molecular formula is C15H12Cl2N4O2. The molecule has 0 fully saturated rings. The summed E-state index contributed by atoms with van der Waals surface area (Å²) < 4.78 is 4.89. The van der Waals surface area contributed by atoms with Crippen molar-refractivity contribution < 1.29 is 4.74 Å². The van der Waals surface area contributed by atoms with Crippen molar-refractivity contribution in [3.63, 3.8) is 0 Å². The summed E-state index contributed by atoms with van der Waals surface area (Å²) in [4.78, 5) is 23.6. The van der Waals surface area contributed by atoms with Gasteiger partial charge in [0, 0.05) is 11.4 Å². The fourth-order valence-corrected chi connectivity index (χ4v) is 2.16. The normalized spacial score (nSPS) is 9.17. The van der Waals surface area contributed by atoms with Gasteiger partial charge >= 0.3 is 0 Å². The quantitative estimate of drug-likeness (QED) is 0.770. The number of H-pyrrole nitrogens is 1. The Kier molecular flexibility index (Phi) is 6.59. The highest BCUT2D eigenvalue weighted by Crippen LogP contribution is 2.33. The van der Waals surface area contributed by atoms with Crippen molar-refractivity contribution in [3.05, 3.63) is 66.8 Å². The largest absolute Gasteiger partial charge is 0.490 e. The van der Waals surface area contributed by atoms with E-state index in [9.17, 15) is 4.79 Å². The van der Waals surface area contributed by atoms with Gasteiger partial charge < -0.3 is 9.72 Å². The average Bonchev–Trinajstić information content (AvgIpc) is 2.46. The molecule has 0 amide bonds. The van der Waals surface area contributed by atoms with Crippen molar-refractivity contribution in [2.24, 2.45) is 0 Å². The Bertz CT molecular complexity index is 863. The molecular weight excluding hydrogens is 339 g/mol. The van der Waals surface area contributed by atoms with Crippen LogP contribution in [-0.2, 0) is 0 Å². The molecule has 1 N–H and O–H groups in total. The first-order valence-corrected chi connectivity index (χ1v) is 6.95. The van der Waals surface area contributed by atoms with Crippen LogP contribution in [0.3, 0.4) is 0 Å². The molecule has 0 atom stereocenters. The molecule has 6 nitrogen and oxygen atoms in total. The summed E-state index contributed by atoms with van der Waals surface area (Å²) in [6.45, 7) is 16.9. The van der Waals surface area contributed by atoms with Crippen molar-refractivity contribution in [1.29, 1.82) is 0 Å². The van der Waals surface area contributed by atoms with Gasteiger partial charge in [0.15, 0.2) is 0 Å². The number of ether oxygens (including phenoxy) is 1. The second-order valence-corrected chi connectivity index (χ2v) is 5.12. The van der Waals surface area contributed by atoms with Crippen molar-refractivity contribution in [2.45, 2.75) is 13.8 Å². The fourth-order valence-electron chi connectivity index (χ4n) is 1.59. The predicted octanol–water partition coefficient (Wildman–Crippen LogP) is 4.49. The van der Waals surface area contributed by atoms with Gasteiger partial charge in [0.2, 0.25) is 5.88 Å². The SMILES string of the molecule is [C-]#[N+]c1c(Cl)cc(C)[nH]c1=O.[C-]#[N+]c1c(Cl)cc(C)nc1OC. The summed E-state index contributed by atoms with van der Waals surface area (Å²) in [6, 6.07) is 3.19. The molecule has 2 rings (SSSR count). The lowest BCUT2D eigenvalue weighted by atomic mass is 10.3. The minimum atomic E-state index is -0.426. The lowest BCUT2D eigenvalue weighted by Crippen LogP contribution is -2.05. The van der Waals surface area contributed by atoms with Gasteiger partial charge in [0.05, 0.1) is 30.3 Å². The zero-order chi connectivity index (χ0) is 17.6. The van der Waals surface area contributed by atoms with E-state index in [1.54, 1.807) is 26.0 Å². The van der Waals surface area contributed by atoms with Gasteiger partial charge in [0.25, 0.3) is 16.9 Å². The van der Waals surface area contributed by atoms with Gasteiger partial charge in [-0.3, -0.25) is 4.79 Å². The van der Waals surface area contributed by atoms with Crippen LogP contribution in [0, 0.1) is 27.0 Å². The van der Waals surface area contributed by atoms with E-state index in [1.165, 1.54) is 7.11 Å². The van der Waals surface area contributed by atoms with Gasteiger partial charge in [-0.15, -0.1) is 0 Å². The molecule has 0 aliphatic rings. The second kappa shape index (κ2) is 8.19. The van der Waals surface area contributed by atoms with Crippen molar-refractivity contribution in [1.82, 2.24) is 9.97 Å². The summed E-state index contributed by atoms with van der Waals surface area (Å²) in [6.07, 6.45) is 0. The molecule has 0 aliphatic carbocycles. The highest BCUT2D eigenvalue weighted by molar-refractivity contribution is 6.33. The molecule has 2 heterocycles. The number of aryl methyl sites for hydroxylation is 2. The van der Waals surface area contributed by atoms with Crippen LogP contribution in [-0.4, -0.2) is 17.1 Å². The highest BCUT2D eigenvalue weighted by Gasteiger charge is 2.09. The van der Waals surface area contributed by atoms with E-state index >= 15 is 0 Å². The summed E-state index contributed by atoms with van der Waals surface area (Å²) in [5.41, 5.74) is 1.20. The number of hydrogen-bond donors (Lipinski definition) is 1. The molecule has 118 valence electrons. The van der Waals surface area contributed by atoms with E-state index in [2.05, 4.69) is 19.7 Å². The third-order valence-electron chi connectivity index (χ3n) is 2.55. The molecule has 0 saturated heterocycles. The molecule has 0 aliphatic heterocycles. The average molecular weight is 351 g/mol. The first-order valence-electron chi connectivity index (χ1n) is 6.19. The first kappa shape index (κ1) is 18.5. The van der Waals surface area contributed by atoms with Gasteiger partial charge in [-0.2, -0.15) is 0 Å². The van der Waals surface area contributed by atoms with Gasteiger partial charge in [-0.05, 0) is 26.0 Å². The highest BCUT2D eigenvalue weighted by atomic mass is 35.5. The van der Waals surface area contributed by atoms with Crippen LogP contribution in [0.4, 0.5) is 11.4 Å². The standard InChI is InChI=1S/C8H7ClN2O.C7H5ClN2O/c1-5-4-6(9)7(10-2)8(11-5)12-3;1-4-3-5(8)6(9-2)7(11)10-4/h4H,1,3H3;3H,1H3,(H,10,11). The molecule has 0 saturated carbocycles. The van der Waals surface area contributed by atoms with Crippen LogP contribution >= 0.6 is 23.2 Å². The van der Waals surface area contributed by atoms with Crippen molar-refractivity contribution in [3.8, 4) is 5.88 Å². The van der Waals surface area contributed by atoms with Crippen LogP contribution in [0.1, 0.15) is 11.4 Å². The molecule has 0 bridgehead atoms. The smallest absolute Gasteiger partial charge is 0.268 e. The van der Waals surface area contributed by atoms with E-state index in [0.29, 0.717) is 10.7 Å². The fraction of sp³-hybridized carbons (Fsp3) is 0.200. The summed E-state index contributed by atoms with van der Waals surface area (Å²) in [7, 11) is 1.47. The number of aromatic nitrogens is 2. The Morgan fingerprint density at radius 3 is 2.17 bits per heavy atom. The zero-order valence-electron chi connectivity index (χ0n) is 12.6. The van der Waals surface area contributed by atoms with E-state index < -0.39 is 5.56 Å². The Hall–Kier alpha value is -2.54. The van der Waals surface area contributed by atoms with Gasteiger partial charge in [0.1, 0.15) is 0 Å². The van der Waals surface area contributed by atoms with E-state index in [1.807, 2.05) is 0 Å². The molecule has 0 spiro atoms. The number of nitrogens with one attached hydrogen (secondary N) is 1. The third-order valence-corrected chi connectivity index (χ3v) is 3.13. The minimum absolute atomic E-state index is 0.0442. The maximum atomic E-state index is 10.9. The lowest BCUT2D eigenvalue weighted by molar-refractivity contribution is 0.400. The lowest BCUT2D eigenvalue weighted by Gasteiger charge is -2.03. The number of aromatic amines is 1. The Labute approximate surface area is 143 Å². The molecule has 23 heavy (non-hydrogen) atoms. The Balaban J connectivity index is 0.000000231. The Morgan fingerprint density at radius 1 is 1.13 bits per heavy atom. The monoisotopic (exact) mass is 350 g/mol. The second-order valence-electron chi connectivity index (χ2n) is 4.30. The summed E-state index contributed by atoms with van der Waals surface area (Å²) in [5, 5.41) is 0.593. The first-order chi connectivity index (χ1) is 10.8. The number of rotatable bonds is 1. The zero-order valence-corrected chi connectivity index (χ0v) is 14.1. The number of methoxy groups -OCH3 is 1. The maximum absolute atomic E-state index is 10.9. The predicted molar refractivity (Wildman–Crippen MR) is 89.9 cm³/mol. The molecule has 0 aromatic carbocycles. The molecule has 0 unspecified atom stereocenters. The van der Waals surface area contributed by atoms with Gasteiger partial charge in [-0.25, -0.2) is 14.7 Å². The molecule has 8 heteroatoms. The van der Waals surface area contributed by atoms with Crippen molar-refractivity contribution in [2.75, 3.05) is 7.11 Å². The maximum Gasteiger partial charge on any atom is 0.268 e. The van der Waals surface area contributed by atoms with Crippen LogP contribution < -0.4 is 10.3 Å². The summed E-state index contributed by atoms with van der Waals surface area (Å²) >= 11 is 11.4. The number of halogens is 2. The summed E-state index contributed by atoms with van der Waals surface area (Å²) in [5.74, 6) is 0.287.